The molecule has 17 heavy (non-hydrogen) atoms. The summed E-state index contributed by atoms with van der Waals surface area (Å²) in [7, 11) is 1.57. The van der Waals surface area contributed by atoms with Crippen LogP contribution >= 0.6 is 23.2 Å². The highest BCUT2D eigenvalue weighted by molar-refractivity contribution is 6.35. The van der Waals surface area contributed by atoms with Crippen LogP contribution in [0.1, 0.15) is 0 Å². The highest BCUT2D eigenvalue weighted by atomic mass is 35.5. The zero-order valence-electron chi connectivity index (χ0n) is 9.30. The number of pyridine rings is 1. The Morgan fingerprint density at radius 1 is 1.53 bits per heavy atom. The smallest absolute Gasteiger partial charge is 0.239 e. The first kappa shape index (κ1) is 14.0. The summed E-state index contributed by atoms with van der Waals surface area (Å²) in [6, 6.07) is 1.56. The van der Waals surface area contributed by atoms with Gasteiger partial charge in [-0.25, -0.2) is 4.98 Å². The number of rotatable bonds is 6. The molecule has 2 N–H and O–H groups in total. The zero-order valence-corrected chi connectivity index (χ0v) is 10.8. The molecule has 0 aromatic carbocycles. The monoisotopic (exact) mass is 277 g/mol. The average molecular weight is 278 g/mol. The van der Waals surface area contributed by atoms with Crippen molar-refractivity contribution in [3.05, 3.63) is 22.3 Å². The first-order valence-corrected chi connectivity index (χ1v) is 5.69. The Morgan fingerprint density at radius 2 is 2.29 bits per heavy atom. The zero-order chi connectivity index (χ0) is 12.7. The van der Waals surface area contributed by atoms with E-state index < -0.39 is 0 Å². The van der Waals surface area contributed by atoms with E-state index in [-0.39, 0.29) is 12.5 Å². The summed E-state index contributed by atoms with van der Waals surface area (Å²) in [5.41, 5.74) is 0. The number of halogens is 2. The molecule has 0 aliphatic rings. The molecule has 1 aromatic rings. The number of aromatic nitrogens is 1. The average Bonchev–Trinajstić information content (AvgIpc) is 2.28. The molecule has 1 rings (SSSR count). The maximum atomic E-state index is 11.3. The van der Waals surface area contributed by atoms with E-state index in [9.17, 15) is 4.79 Å². The van der Waals surface area contributed by atoms with Crippen LogP contribution in [0.3, 0.4) is 0 Å². The minimum absolute atomic E-state index is 0.0953. The lowest BCUT2D eigenvalue weighted by Gasteiger charge is -2.08. The normalized spacial score (nSPS) is 10.1. The van der Waals surface area contributed by atoms with Crippen LogP contribution in [-0.4, -0.2) is 37.7 Å². The molecule has 7 heteroatoms. The van der Waals surface area contributed by atoms with Crippen molar-refractivity contribution < 1.29 is 9.53 Å². The van der Waals surface area contributed by atoms with E-state index in [0.717, 1.165) is 0 Å². The van der Waals surface area contributed by atoms with E-state index in [4.69, 9.17) is 27.9 Å². The number of hydrogen-bond donors (Lipinski definition) is 2. The Labute approximate surface area is 109 Å². The number of carbonyl (C=O) groups is 1. The lowest BCUT2D eigenvalue weighted by atomic mass is 10.4. The molecule has 0 atom stereocenters. The van der Waals surface area contributed by atoms with E-state index in [1.807, 2.05) is 0 Å². The van der Waals surface area contributed by atoms with Crippen molar-refractivity contribution in [2.24, 2.45) is 0 Å². The van der Waals surface area contributed by atoms with Crippen molar-refractivity contribution in [1.82, 2.24) is 10.3 Å². The van der Waals surface area contributed by atoms with Gasteiger partial charge in [-0.05, 0) is 6.07 Å². The Bertz CT molecular complexity index is 388. The van der Waals surface area contributed by atoms with Gasteiger partial charge in [-0.15, -0.1) is 0 Å². The number of carbonyl (C=O) groups excluding carboxylic acids is 1. The van der Waals surface area contributed by atoms with Gasteiger partial charge in [-0.1, -0.05) is 23.2 Å². The number of nitrogens with one attached hydrogen (secondary N) is 2. The Kier molecular flexibility index (Phi) is 6.04. The van der Waals surface area contributed by atoms with E-state index in [2.05, 4.69) is 15.6 Å². The van der Waals surface area contributed by atoms with Crippen LogP contribution in [0.4, 0.5) is 5.82 Å². The third-order valence-electron chi connectivity index (χ3n) is 1.85. The van der Waals surface area contributed by atoms with Crippen LogP contribution in [-0.2, 0) is 9.53 Å². The molecule has 5 nitrogen and oxygen atoms in total. The van der Waals surface area contributed by atoms with Crippen LogP contribution in [0, 0.1) is 0 Å². The van der Waals surface area contributed by atoms with Gasteiger partial charge in [0.15, 0.2) is 0 Å². The third kappa shape index (κ3) is 5.21. The third-order valence-corrected chi connectivity index (χ3v) is 2.35. The van der Waals surface area contributed by atoms with Gasteiger partial charge in [0, 0.05) is 19.9 Å². The van der Waals surface area contributed by atoms with Crippen LogP contribution < -0.4 is 10.6 Å². The number of anilines is 1. The molecule has 0 aliphatic carbocycles. The second-order valence-corrected chi connectivity index (χ2v) is 4.02. The highest BCUT2D eigenvalue weighted by Gasteiger charge is 2.05. The molecule has 1 heterocycles. The Balaban J connectivity index is 2.37. The fraction of sp³-hybridized carbons (Fsp3) is 0.400. The molecule has 0 fully saturated rings. The van der Waals surface area contributed by atoms with E-state index in [1.54, 1.807) is 13.2 Å². The Hall–Kier alpha value is -1.04. The van der Waals surface area contributed by atoms with E-state index in [0.29, 0.717) is 29.0 Å². The van der Waals surface area contributed by atoms with Gasteiger partial charge in [0.2, 0.25) is 5.91 Å². The number of nitrogens with zero attached hydrogens (tertiary/aromatic N) is 1. The quantitative estimate of drug-likeness (QED) is 0.775. The molecule has 1 amide bonds. The van der Waals surface area contributed by atoms with Crippen molar-refractivity contribution in [3.63, 3.8) is 0 Å². The predicted molar refractivity (Wildman–Crippen MR) is 67.6 cm³/mol. The summed E-state index contributed by atoms with van der Waals surface area (Å²) >= 11 is 11.6. The van der Waals surface area contributed by atoms with Crippen LogP contribution in [0.2, 0.25) is 10.0 Å². The summed E-state index contributed by atoms with van der Waals surface area (Å²) in [5.74, 6) is 0.271. The van der Waals surface area contributed by atoms with Gasteiger partial charge in [0.25, 0.3) is 0 Å². The van der Waals surface area contributed by atoms with Gasteiger partial charge >= 0.3 is 0 Å². The van der Waals surface area contributed by atoms with Crippen molar-refractivity contribution in [1.29, 1.82) is 0 Å². The fourth-order valence-corrected chi connectivity index (χ4v) is 1.51. The first-order chi connectivity index (χ1) is 8.13. The van der Waals surface area contributed by atoms with Crippen molar-refractivity contribution in [3.8, 4) is 0 Å². The van der Waals surface area contributed by atoms with Gasteiger partial charge in [-0.2, -0.15) is 0 Å². The van der Waals surface area contributed by atoms with E-state index >= 15 is 0 Å². The van der Waals surface area contributed by atoms with Gasteiger partial charge < -0.3 is 15.4 Å². The van der Waals surface area contributed by atoms with Gasteiger partial charge in [0.05, 0.1) is 23.2 Å². The molecule has 0 unspecified atom stereocenters. The molecule has 0 saturated heterocycles. The summed E-state index contributed by atoms with van der Waals surface area (Å²) < 4.78 is 4.80. The largest absolute Gasteiger partial charge is 0.383 e. The predicted octanol–water partition coefficient (Wildman–Crippen LogP) is 1.56. The van der Waals surface area contributed by atoms with Crippen LogP contribution in [0.25, 0.3) is 0 Å². The van der Waals surface area contributed by atoms with Crippen molar-refractivity contribution in [2.45, 2.75) is 0 Å². The molecule has 0 spiro atoms. The first-order valence-electron chi connectivity index (χ1n) is 4.94. The standard InChI is InChI=1S/C10H13Cl2N3O2/c1-17-3-2-13-9(16)6-15-10-8(12)4-7(11)5-14-10/h4-5H,2-3,6H2,1H3,(H,13,16)(H,14,15). The Morgan fingerprint density at radius 3 is 2.94 bits per heavy atom. The summed E-state index contributed by atoms with van der Waals surface area (Å²) in [4.78, 5) is 15.3. The molecule has 0 bridgehead atoms. The second-order valence-electron chi connectivity index (χ2n) is 3.18. The lowest BCUT2D eigenvalue weighted by Crippen LogP contribution is -2.32. The molecule has 0 saturated carbocycles. The fourth-order valence-electron chi connectivity index (χ4n) is 1.06. The summed E-state index contributed by atoms with van der Waals surface area (Å²) in [5, 5.41) is 6.30. The van der Waals surface area contributed by atoms with Crippen molar-refractivity contribution in [2.75, 3.05) is 32.1 Å². The van der Waals surface area contributed by atoms with Gasteiger partial charge in [-0.3, -0.25) is 4.79 Å². The highest BCUT2D eigenvalue weighted by Crippen LogP contribution is 2.21. The van der Waals surface area contributed by atoms with Crippen molar-refractivity contribution >= 4 is 34.9 Å². The SMILES string of the molecule is COCCNC(=O)CNc1ncc(Cl)cc1Cl. The summed E-state index contributed by atoms with van der Waals surface area (Å²) in [6.07, 6.45) is 1.46. The molecule has 0 aliphatic heterocycles. The molecule has 94 valence electrons. The maximum absolute atomic E-state index is 11.3. The molecule has 0 radical (unpaired) electrons. The second kappa shape index (κ2) is 7.32. The maximum Gasteiger partial charge on any atom is 0.239 e. The summed E-state index contributed by atoms with van der Waals surface area (Å²) in [6.45, 7) is 1.04. The number of hydrogen-bond acceptors (Lipinski definition) is 4. The minimum atomic E-state index is -0.158. The molecular formula is C10H13Cl2N3O2. The number of methoxy groups -OCH3 is 1. The van der Waals surface area contributed by atoms with Crippen LogP contribution in [0.15, 0.2) is 12.3 Å². The van der Waals surface area contributed by atoms with Gasteiger partial charge in [0.1, 0.15) is 5.82 Å². The number of ether oxygens (including phenoxy) is 1. The topological polar surface area (TPSA) is 63.2 Å². The molecule has 1 aromatic heterocycles. The molecular weight excluding hydrogens is 265 g/mol. The lowest BCUT2D eigenvalue weighted by molar-refractivity contribution is -0.119. The number of amides is 1. The minimum Gasteiger partial charge on any atom is -0.383 e. The van der Waals surface area contributed by atoms with Crippen LogP contribution in [0.5, 0.6) is 0 Å². The van der Waals surface area contributed by atoms with E-state index in [1.165, 1.54) is 6.20 Å².